The molecule has 0 bridgehead atoms. The van der Waals surface area contributed by atoms with Gasteiger partial charge in [-0.05, 0) is 6.92 Å². The zero-order valence-electron chi connectivity index (χ0n) is 6.84. The Labute approximate surface area is 80.5 Å². The molecule has 0 aromatic rings. The smallest absolute Gasteiger partial charge is 0.122 e. The monoisotopic (exact) mass is 226 g/mol. The predicted molar refractivity (Wildman–Crippen MR) is 55.6 cm³/mol. The lowest BCUT2D eigenvalue weighted by molar-refractivity contribution is 1.03. The summed E-state index contributed by atoms with van der Waals surface area (Å²) in [7, 11) is 0. The van der Waals surface area contributed by atoms with Crippen molar-refractivity contribution < 1.29 is 0 Å². The zero-order chi connectivity index (χ0) is 9.19. The van der Waals surface area contributed by atoms with E-state index in [9.17, 15) is 0 Å². The van der Waals surface area contributed by atoms with E-state index in [0.717, 1.165) is 5.57 Å². The lowest BCUT2D eigenvalue weighted by atomic mass is 10.1. The number of nitrogens with two attached hydrogens (primary N) is 1. The molecule has 0 aliphatic heterocycles. The Morgan fingerprint density at radius 1 is 1.58 bits per heavy atom. The summed E-state index contributed by atoms with van der Waals surface area (Å²) in [6.07, 6.45) is 9.52. The molecule has 1 aliphatic rings. The van der Waals surface area contributed by atoms with E-state index in [1.807, 2.05) is 37.3 Å². The van der Waals surface area contributed by atoms with Gasteiger partial charge in [-0.15, -0.1) is 0 Å². The van der Waals surface area contributed by atoms with E-state index in [1.165, 1.54) is 0 Å². The zero-order valence-corrected chi connectivity index (χ0v) is 8.43. The fraction of sp³-hybridized carbons (Fsp3) is 0.222. The van der Waals surface area contributed by atoms with Crippen molar-refractivity contribution in [2.45, 2.75) is 11.2 Å². The number of allylic oxidation sites excluding steroid dienone is 4. The Morgan fingerprint density at radius 3 is 2.83 bits per heavy atom. The number of halogens is 1. The highest BCUT2D eigenvalue weighted by molar-refractivity contribution is 9.10. The van der Waals surface area contributed by atoms with E-state index >= 15 is 0 Å². The fourth-order valence-electron chi connectivity index (χ4n) is 0.883. The third-order valence-corrected chi connectivity index (χ3v) is 2.13. The molecule has 0 saturated heterocycles. The van der Waals surface area contributed by atoms with E-state index in [1.54, 1.807) is 0 Å². The lowest BCUT2D eigenvalue weighted by Crippen LogP contribution is -2.11. The van der Waals surface area contributed by atoms with Gasteiger partial charge < -0.3 is 5.73 Å². The maximum atomic E-state index is 7.22. The summed E-state index contributed by atoms with van der Waals surface area (Å²) in [5, 5.41) is 7.22. The van der Waals surface area contributed by atoms with Crippen molar-refractivity contribution in [3.63, 3.8) is 0 Å². The van der Waals surface area contributed by atoms with Gasteiger partial charge in [-0.2, -0.15) is 0 Å². The van der Waals surface area contributed by atoms with Crippen molar-refractivity contribution in [2.75, 3.05) is 0 Å². The Balaban J connectivity index is 2.94. The topological polar surface area (TPSA) is 49.9 Å². The molecular formula is C9H11BrN2. The SMILES string of the molecule is CC1(Br)C=CC=C(C(=N)N)C=C1. The second-order valence-corrected chi connectivity index (χ2v) is 4.59. The van der Waals surface area contributed by atoms with E-state index < -0.39 is 0 Å². The Morgan fingerprint density at radius 2 is 2.25 bits per heavy atom. The second kappa shape index (κ2) is 3.27. The lowest BCUT2D eigenvalue weighted by Gasteiger charge is -2.09. The van der Waals surface area contributed by atoms with E-state index in [4.69, 9.17) is 11.1 Å². The van der Waals surface area contributed by atoms with Crippen LogP contribution in [0.15, 0.2) is 36.0 Å². The first-order chi connectivity index (χ1) is 5.51. The predicted octanol–water partition coefficient (Wildman–Crippen LogP) is 2.13. The maximum absolute atomic E-state index is 7.22. The molecule has 1 atom stereocenters. The molecule has 64 valence electrons. The summed E-state index contributed by atoms with van der Waals surface area (Å²) >= 11 is 3.50. The number of hydrogen-bond donors (Lipinski definition) is 2. The molecule has 0 aromatic carbocycles. The van der Waals surface area contributed by atoms with Gasteiger partial charge in [0.15, 0.2) is 0 Å². The van der Waals surface area contributed by atoms with Gasteiger partial charge in [0, 0.05) is 5.57 Å². The standard InChI is InChI=1S/C9H11BrN2/c1-9(10)5-2-3-7(4-6-9)8(11)12/h2-6H,1H3,(H3,11,12). The molecule has 2 nitrogen and oxygen atoms in total. The first kappa shape index (κ1) is 9.26. The van der Waals surface area contributed by atoms with Crippen LogP contribution in [0.2, 0.25) is 0 Å². The first-order valence-corrected chi connectivity index (χ1v) is 4.43. The molecule has 0 amide bonds. The van der Waals surface area contributed by atoms with Gasteiger partial charge in [-0.3, -0.25) is 5.41 Å². The van der Waals surface area contributed by atoms with E-state index in [2.05, 4.69) is 15.9 Å². The number of alkyl halides is 1. The summed E-state index contributed by atoms with van der Waals surface area (Å²) in [4.78, 5) is 0. The van der Waals surface area contributed by atoms with Crippen LogP contribution in [0.5, 0.6) is 0 Å². The maximum Gasteiger partial charge on any atom is 0.122 e. The van der Waals surface area contributed by atoms with Crippen molar-refractivity contribution in [1.82, 2.24) is 0 Å². The van der Waals surface area contributed by atoms with Crippen molar-refractivity contribution in [3.8, 4) is 0 Å². The van der Waals surface area contributed by atoms with Gasteiger partial charge in [0.25, 0.3) is 0 Å². The number of rotatable bonds is 1. The second-order valence-electron chi connectivity index (χ2n) is 2.88. The highest BCUT2D eigenvalue weighted by atomic mass is 79.9. The van der Waals surface area contributed by atoms with Gasteiger partial charge in [0.2, 0.25) is 0 Å². The molecule has 3 heteroatoms. The quantitative estimate of drug-likeness (QED) is 0.402. The van der Waals surface area contributed by atoms with Crippen LogP contribution in [0.1, 0.15) is 6.92 Å². The molecule has 12 heavy (non-hydrogen) atoms. The van der Waals surface area contributed by atoms with Crippen LogP contribution in [0.25, 0.3) is 0 Å². The van der Waals surface area contributed by atoms with Gasteiger partial charge in [0.1, 0.15) is 5.84 Å². The third-order valence-electron chi connectivity index (χ3n) is 1.60. The Kier molecular flexibility index (Phi) is 2.52. The van der Waals surface area contributed by atoms with E-state index in [-0.39, 0.29) is 10.2 Å². The van der Waals surface area contributed by atoms with Gasteiger partial charge in [0.05, 0.1) is 4.32 Å². The van der Waals surface area contributed by atoms with Crippen LogP contribution in [-0.4, -0.2) is 10.2 Å². The fourth-order valence-corrected chi connectivity index (χ4v) is 1.17. The molecule has 1 rings (SSSR count). The number of nitrogens with one attached hydrogen (secondary N) is 1. The van der Waals surface area contributed by atoms with Crippen LogP contribution in [-0.2, 0) is 0 Å². The molecule has 0 radical (unpaired) electrons. The van der Waals surface area contributed by atoms with Crippen molar-refractivity contribution in [3.05, 3.63) is 36.0 Å². The van der Waals surface area contributed by atoms with Gasteiger partial charge in [-0.25, -0.2) is 0 Å². The largest absolute Gasteiger partial charge is 0.384 e. The van der Waals surface area contributed by atoms with E-state index in [0.29, 0.717) is 0 Å². The summed E-state index contributed by atoms with van der Waals surface area (Å²) in [6, 6.07) is 0. The Bertz CT molecular complexity index is 285. The first-order valence-electron chi connectivity index (χ1n) is 3.63. The number of hydrogen-bond acceptors (Lipinski definition) is 1. The average Bonchev–Trinajstić information content (AvgIpc) is 2.10. The molecule has 0 heterocycles. The average molecular weight is 227 g/mol. The summed E-state index contributed by atoms with van der Waals surface area (Å²) < 4.78 is -0.124. The van der Waals surface area contributed by atoms with Crippen molar-refractivity contribution >= 4 is 21.8 Å². The normalized spacial score (nSPS) is 28.0. The van der Waals surface area contributed by atoms with Crippen LogP contribution < -0.4 is 5.73 Å². The molecule has 0 spiro atoms. The summed E-state index contributed by atoms with van der Waals surface area (Å²) in [5.41, 5.74) is 6.08. The summed E-state index contributed by atoms with van der Waals surface area (Å²) in [6.45, 7) is 2.02. The molecule has 1 aliphatic carbocycles. The highest BCUT2D eigenvalue weighted by Gasteiger charge is 2.12. The minimum absolute atomic E-state index is 0.0982. The minimum atomic E-state index is -0.124. The third kappa shape index (κ3) is 2.34. The van der Waals surface area contributed by atoms with Gasteiger partial charge in [-0.1, -0.05) is 46.3 Å². The molecular weight excluding hydrogens is 216 g/mol. The van der Waals surface area contributed by atoms with Crippen molar-refractivity contribution in [1.29, 1.82) is 5.41 Å². The Hall–Kier alpha value is -0.830. The molecule has 1 unspecified atom stereocenters. The van der Waals surface area contributed by atoms with Crippen molar-refractivity contribution in [2.24, 2.45) is 5.73 Å². The molecule has 0 saturated carbocycles. The molecule has 0 aromatic heterocycles. The van der Waals surface area contributed by atoms with Crippen LogP contribution in [0, 0.1) is 5.41 Å². The van der Waals surface area contributed by atoms with Crippen LogP contribution in [0.3, 0.4) is 0 Å². The molecule has 0 fully saturated rings. The summed E-state index contributed by atoms with van der Waals surface area (Å²) in [5.74, 6) is 0.0982. The minimum Gasteiger partial charge on any atom is -0.384 e. The van der Waals surface area contributed by atoms with Gasteiger partial charge >= 0.3 is 0 Å². The number of amidine groups is 1. The molecule has 3 N–H and O–H groups in total. The van der Waals surface area contributed by atoms with Crippen LogP contribution >= 0.6 is 15.9 Å². The highest BCUT2D eigenvalue weighted by Crippen LogP contribution is 2.23. The van der Waals surface area contributed by atoms with Crippen LogP contribution in [0.4, 0.5) is 0 Å².